The molecule has 0 saturated carbocycles. The number of hydrogen-bond acceptors (Lipinski definition) is 4. The lowest BCUT2D eigenvalue weighted by atomic mass is 10.1. The zero-order chi connectivity index (χ0) is 15.1. The van der Waals surface area contributed by atoms with Crippen LogP contribution < -0.4 is 5.69 Å². The summed E-state index contributed by atoms with van der Waals surface area (Å²) in [5, 5.41) is 8.70. The van der Waals surface area contributed by atoms with Gasteiger partial charge in [-0.25, -0.2) is 4.79 Å². The van der Waals surface area contributed by atoms with Crippen molar-refractivity contribution in [1.29, 1.82) is 0 Å². The van der Waals surface area contributed by atoms with Crippen molar-refractivity contribution in [3.05, 3.63) is 27.4 Å². The molecule has 20 heavy (non-hydrogen) atoms. The highest BCUT2D eigenvalue weighted by Gasteiger charge is 2.14. The van der Waals surface area contributed by atoms with E-state index in [0.29, 0.717) is 17.9 Å². The van der Waals surface area contributed by atoms with Gasteiger partial charge in [-0.2, -0.15) is 4.98 Å². The summed E-state index contributed by atoms with van der Waals surface area (Å²) in [5.74, 6) is 0.00838. The van der Waals surface area contributed by atoms with E-state index in [0.717, 1.165) is 24.8 Å². The number of rotatable bonds is 7. The summed E-state index contributed by atoms with van der Waals surface area (Å²) >= 11 is 0. The molecule has 1 amide bonds. The van der Waals surface area contributed by atoms with Gasteiger partial charge in [-0.3, -0.25) is 4.79 Å². The Balaban J connectivity index is 2.60. The van der Waals surface area contributed by atoms with Crippen LogP contribution in [0, 0.1) is 13.8 Å². The number of aromatic amines is 1. The molecule has 0 atom stereocenters. The predicted molar refractivity (Wildman–Crippen MR) is 76.6 cm³/mol. The van der Waals surface area contributed by atoms with Crippen molar-refractivity contribution in [1.82, 2.24) is 14.9 Å². The van der Waals surface area contributed by atoms with Crippen LogP contribution in [0.25, 0.3) is 0 Å². The lowest BCUT2D eigenvalue weighted by Crippen LogP contribution is -2.30. The Hall–Kier alpha value is -1.69. The number of hydrogen-bond donors (Lipinski definition) is 2. The number of carbonyl (C=O) groups is 1. The monoisotopic (exact) mass is 281 g/mol. The van der Waals surface area contributed by atoms with Crippen LogP contribution in [-0.2, 0) is 11.2 Å². The maximum atomic E-state index is 12.1. The van der Waals surface area contributed by atoms with Crippen LogP contribution in [0.1, 0.15) is 36.2 Å². The fourth-order valence-corrected chi connectivity index (χ4v) is 2.06. The average Bonchev–Trinajstić information content (AvgIpc) is 2.38. The highest BCUT2D eigenvalue weighted by Crippen LogP contribution is 2.09. The number of aliphatic hydroxyl groups is 1. The molecule has 0 spiro atoms. The number of likely N-dealkylation sites (N-methyl/N-ethyl adjacent to an activating group) is 1. The minimum atomic E-state index is -0.381. The van der Waals surface area contributed by atoms with E-state index in [1.165, 1.54) is 0 Å². The summed E-state index contributed by atoms with van der Waals surface area (Å²) in [7, 11) is 1.77. The summed E-state index contributed by atoms with van der Waals surface area (Å²) < 4.78 is 0. The Morgan fingerprint density at radius 3 is 2.60 bits per heavy atom. The van der Waals surface area contributed by atoms with E-state index in [9.17, 15) is 9.59 Å². The summed E-state index contributed by atoms with van der Waals surface area (Å²) in [6.45, 7) is 4.39. The third-order valence-corrected chi connectivity index (χ3v) is 3.36. The summed E-state index contributed by atoms with van der Waals surface area (Å²) in [5.41, 5.74) is 1.71. The van der Waals surface area contributed by atoms with E-state index in [1.807, 2.05) is 0 Å². The third-order valence-electron chi connectivity index (χ3n) is 3.36. The van der Waals surface area contributed by atoms with Gasteiger partial charge in [0, 0.05) is 37.2 Å². The molecular weight excluding hydrogens is 258 g/mol. The third kappa shape index (κ3) is 4.77. The van der Waals surface area contributed by atoms with Crippen LogP contribution in [0.3, 0.4) is 0 Å². The molecule has 0 fully saturated rings. The largest absolute Gasteiger partial charge is 0.396 e. The zero-order valence-corrected chi connectivity index (χ0v) is 12.4. The normalized spacial score (nSPS) is 10.6. The number of amides is 1. The minimum Gasteiger partial charge on any atom is -0.396 e. The molecule has 1 aromatic heterocycles. The van der Waals surface area contributed by atoms with E-state index in [2.05, 4.69) is 9.97 Å². The van der Waals surface area contributed by atoms with Crippen LogP contribution in [0.4, 0.5) is 0 Å². The van der Waals surface area contributed by atoms with Crippen molar-refractivity contribution in [2.24, 2.45) is 0 Å². The second kappa shape index (κ2) is 7.79. The number of unbranched alkanes of at least 4 members (excludes halogenated alkanes) is 2. The SMILES string of the molecule is Cc1nc(=O)[nH]c(C)c1CC(=O)N(C)CCCCCO. The molecule has 0 radical (unpaired) electrons. The first-order chi connectivity index (χ1) is 9.45. The average molecular weight is 281 g/mol. The Kier molecular flexibility index (Phi) is 6.38. The van der Waals surface area contributed by atoms with Crippen LogP contribution in [-0.4, -0.2) is 46.1 Å². The fourth-order valence-electron chi connectivity index (χ4n) is 2.06. The van der Waals surface area contributed by atoms with Gasteiger partial charge in [0.15, 0.2) is 0 Å². The molecule has 0 aliphatic rings. The van der Waals surface area contributed by atoms with Gasteiger partial charge in [0.25, 0.3) is 0 Å². The van der Waals surface area contributed by atoms with Gasteiger partial charge in [0.05, 0.1) is 6.42 Å². The van der Waals surface area contributed by atoms with E-state index in [-0.39, 0.29) is 24.6 Å². The first kappa shape index (κ1) is 16.4. The van der Waals surface area contributed by atoms with E-state index in [4.69, 9.17) is 5.11 Å². The standard InChI is InChI=1S/C14H23N3O3/c1-10-12(11(2)16-14(20)15-10)9-13(19)17(3)7-5-4-6-8-18/h18H,4-9H2,1-3H3,(H,15,16,20). The lowest BCUT2D eigenvalue weighted by molar-refractivity contribution is -0.129. The highest BCUT2D eigenvalue weighted by atomic mass is 16.3. The molecule has 112 valence electrons. The first-order valence-corrected chi connectivity index (χ1v) is 6.87. The molecule has 0 aromatic carbocycles. The van der Waals surface area contributed by atoms with Crippen LogP contribution in [0.5, 0.6) is 0 Å². The van der Waals surface area contributed by atoms with Crippen molar-refractivity contribution >= 4 is 5.91 Å². The Morgan fingerprint density at radius 2 is 2.00 bits per heavy atom. The van der Waals surface area contributed by atoms with Gasteiger partial charge in [-0.15, -0.1) is 0 Å². The molecule has 0 aliphatic heterocycles. The smallest absolute Gasteiger partial charge is 0.345 e. The van der Waals surface area contributed by atoms with E-state index >= 15 is 0 Å². The van der Waals surface area contributed by atoms with Crippen LogP contribution in [0.15, 0.2) is 4.79 Å². The number of carbonyl (C=O) groups excluding carboxylic acids is 1. The number of H-pyrrole nitrogens is 1. The Morgan fingerprint density at radius 1 is 1.30 bits per heavy atom. The van der Waals surface area contributed by atoms with Gasteiger partial charge in [-0.1, -0.05) is 0 Å². The second-order valence-electron chi connectivity index (χ2n) is 5.01. The molecule has 0 bridgehead atoms. The maximum absolute atomic E-state index is 12.1. The van der Waals surface area contributed by atoms with Crippen molar-refractivity contribution in [2.75, 3.05) is 20.2 Å². The predicted octanol–water partition coefficient (Wildman–Crippen LogP) is 0.550. The number of aromatic nitrogens is 2. The zero-order valence-electron chi connectivity index (χ0n) is 12.4. The van der Waals surface area contributed by atoms with Gasteiger partial charge >= 0.3 is 5.69 Å². The molecule has 0 aliphatic carbocycles. The molecule has 1 aromatic rings. The molecule has 0 unspecified atom stereocenters. The number of aryl methyl sites for hydroxylation is 2. The molecule has 0 saturated heterocycles. The molecule has 6 heteroatoms. The Labute approximate surface area is 118 Å². The number of aliphatic hydroxyl groups excluding tert-OH is 1. The van der Waals surface area contributed by atoms with Gasteiger partial charge in [0.1, 0.15) is 0 Å². The van der Waals surface area contributed by atoms with Crippen LogP contribution >= 0.6 is 0 Å². The molecule has 2 N–H and O–H groups in total. The number of nitrogens with zero attached hydrogens (tertiary/aromatic N) is 2. The fraction of sp³-hybridized carbons (Fsp3) is 0.643. The topological polar surface area (TPSA) is 86.3 Å². The van der Waals surface area contributed by atoms with E-state index < -0.39 is 0 Å². The summed E-state index contributed by atoms with van der Waals surface area (Å²) in [6, 6.07) is 0. The highest BCUT2D eigenvalue weighted by molar-refractivity contribution is 5.78. The summed E-state index contributed by atoms with van der Waals surface area (Å²) in [4.78, 5) is 31.4. The first-order valence-electron chi connectivity index (χ1n) is 6.87. The quantitative estimate of drug-likeness (QED) is 0.715. The summed E-state index contributed by atoms with van der Waals surface area (Å²) in [6.07, 6.45) is 2.80. The van der Waals surface area contributed by atoms with Crippen molar-refractivity contribution < 1.29 is 9.90 Å². The number of nitrogens with one attached hydrogen (secondary N) is 1. The van der Waals surface area contributed by atoms with Crippen LogP contribution in [0.2, 0.25) is 0 Å². The van der Waals surface area contributed by atoms with Gasteiger partial charge < -0.3 is 15.0 Å². The van der Waals surface area contributed by atoms with Gasteiger partial charge in [0.2, 0.25) is 5.91 Å². The lowest BCUT2D eigenvalue weighted by Gasteiger charge is -2.18. The Bertz CT molecular complexity index is 485. The maximum Gasteiger partial charge on any atom is 0.345 e. The van der Waals surface area contributed by atoms with Crippen molar-refractivity contribution in [3.8, 4) is 0 Å². The molecule has 1 rings (SSSR count). The van der Waals surface area contributed by atoms with Crippen molar-refractivity contribution in [3.63, 3.8) is 0 Å². The molecular formula is C14H23N3O3. The molecule has 6 nitrogen and oxygen atoms in total. The molecule has 1 heterocycles. The second-order valence-corrected chi connectivity index (χ2v) is 5.01. The minimum absolute atomic E-state index is 0.00838. The van der Waals surface area contributed by atoms with Crippen molar-refractivity contribution in [2.45, 2.75) is 39.5 Å². The van der Waals surface area contributed by atoms with Gasteiger partial charge in [-0.05, 0) is 33.1 Å². The van der Waals surface area contributed by atoms with E-state index in [1.54, 1.807) is 25.8 Å².